The van der Waals surface area contributed by atoms with E-state index < -0.39 is 0 Å². The summed E-state index contributed by atoms with van der Waals surface area (Å²) in [4.78, 5) is 0. The highest BCUT2D eigenvalue weighted by Crippen LogP contribution is 2.57. The van der Waals surface area contributed by atoms with Crippen molar-refractivity contribution < 1.29 is 0 Å². The summed E-state index contributed by atoms with van der Waals surface area (Å²) >= 11 is 0. The summed E-state index contributed by atoms with van der Waals surface area (Å²) < 4.78 is 0. The standard InChI is InChI=1S/C32H28.C19H20.C14H16.C5H8.3C2H6.C2H2/c1-5-27-24(21-22(2)3)17-20-30-31(27)28-13-9-10-14-29(28)32(30,25-11-7-6-8-12-25)26-18-15-23(4)16-19-26;1-16(2)15-19(18-11-7-4-8-12-18)14-13-17-9-5-3-6-10-17;1-11-3-7-13(8-4-11)14-9-5-12(2)6-10-14;1-3-5-4-2;4*1-2/h5-21H,1H2,2-4H3;3-12,14-15H,13H2,1-2H3;3-5,7-10,12H,6H2,1-2H3;3-5H,1H2,2H3;3*1-2H3;1-2H/b;19-14+;;5-4-;;;;. The second kappa shape index (κ2) is 36.9. The molecule has 7 aromatic carbocycles. The third-order valence-electron chi connectivity index (χ3n) is 12.6. The Bertz CT molecular complexity index is 3030. The van der Waals surface area contributed by atoms with Gasteiger partial charge in [-0.25, -0.2) is 0 Å². The van der Waals surface area contributed by atoms with E-state index in [-0.39, 0.29) is 5.41 Å². The molecule has 78 heavy (non-hydrogen) atoms. The molecule has 2 atom stereocenters. The van der Waals surface area contributed by atoms with Gasteiger partial charge in [-0.2, -0.15) is 0 Å². The number of hydrogen-bond acceptors (Lipinski definition) is 0. The highest BCUT2D eigenvalue weighted by Gasteiger charge is 2.46. The molecule has 0 aliphatic heterocycles. The maximum absolute atomic E-state index is 4.22. The smallest absolute Gasteiger partial charge is 0.0713 e. The van der Waals surface area contributed by atoms with Crippen LogP contribution in [0.5, 0.6) is 0 Å². The van der Waals surface area contributed by atoms with Crippen molar-refractivity contribution in [2.24, 2.45) is 5.92 Å². The Labute approximate surface area is 475 Å². The number of hydrogen-bond donors (Lipinski definition) is 0. The fourth-order valence-corrected chi connectivity index (χ4v) is 9.22. The van der Waals surface area contributed by atoms with Crippen molar-refractivity contribution in [2.45, 2.75) is 115 Å². The molecule has 0 saturated heterocycles. The molecule has 0 saturated carbocycles. The average molecular weight is 1030 g/mol. The summed E-state index contributed by atoms with van der Waals surface area (Å²) in [6.45, 7) is 36.7. The molecule has 404 valence electrons. The number of rotatable bonds is 10. The lowest BCUT2D eigenvalue weighted by molar-refractivity contribution is 0.739. The van der Waals surface area contributed by atoms with E-state index in [2.05, 4.69) is 287 Å². The summed E-state index contributed by atoms with van der Waals surface area (Å²) in [6.07, 6.45) is 31.4. The van der Waals surface area contributed by atoms with Crippen molar-refractivity contribution >= 4 is 23.3 Å². The zero-order valence-electron chi connectivity index (χ0n) is 50.1. The maximum Gasteiger partial charge on any atom is 0.0713 e. The van der Waals surface area contributed by atoms with Crippen LogP contribution in [0.4, 0.5) is 0 Å². The summed E-state index contributed by atoms with van der Waals surface area (Å²) in [5.74, 6) is 0.698. The summed E-state index contributed by atoms with van der Waals surface area (Å²) in [6, 6.07) is 63.3. The molecule has 0 fully saturated rings. The Hall–Kier alpha value is -7.98. The fraction of sp³-hybridized carbons (Fsp3) is 0.231. The SMILES string of the molecule is C#C.C=C/C=C\C.C=Cc1c(C=C(C)C)ccc2c1-c1ccccc1C2(c1ccccc1)c1ccc(C)cc1.CC.CC.CC.CC(C)=C/C(=C\Cc1ccccc1)c1ccccc1.Cc1ccc(C2=CCC(C)C=C2)cc1. The number of aryl methyl sites for hydroxylation is 2. The molecule has 7 aromatic rings. The molecule has 2 aliphatic rings. The highest BCUT2D eigenvalue weighted by atomic mass is 14.5. The van der Waals surface area contributed by atoms with Gasteiger partial charge in [0.05, 0.1) is 5.41 Å². The molecule has 0 N–H and O–H groups in total. The molecule has 0 heterocycles. The van der Waals surface area contributed by atoms with Gasteiger partial charge in [-0.1, -0.05) is 321 Å². The van der Waals surface area contributed by atoms with Gasteiger partial charge in [-0.15, -0.1) is 12.8 Å². The molecule has 0 radical (unpaired) electrons. The molecule has 2 aliphatic carbocycles. The molecule has 9 rings (SSSR count). The zero-order chi connectivity index (χ0) is 57.9. The van der Waals surface area contributed by atoms with Crippen molar-refractivity contribution in [3.8, 4) is 24.0 Å². The Morgan fingerprint density at radius 2 is 1.13 bits per heavy atom. The van der Waals surface area contributed by atoms with Crippen LogP contribution in [0.3, 0.4) is 0 Å². The molecule has 0 spiro atoms. The predicted molar refractivity (Wildman–Crippen MR) is 353 cm³/mol. The second-order valence-corrected chi connectivity index (χ2v) is 18.7. The van der Waals surface area contributed by atoms with Crippen LogP contribution in [-0.4, -0.2) is 0 Å². The summed E-state index contributed by atoms with van der Waals surface area (Å²) in [7, 11) is 0. The Morgan fingerprint density at radius 1 is 0.603 bits per heavy atom. The van der Waals surface area contributed by atoms with Crippen molar-refractivity contribution in [2.75, 3.05) is 0 Å². The third kappa shape index (κ3) is 18.9. The highest BCUT2D eigenvalue weighted by molar-refractivity contribution is 5.93. The van der Waals surface area contributed by atoms with E-state index in [1.54, 1.807) is 6.08 Å². The minimum absolute atomic E-state index is 0.359. The first kappa shape index (κ1) is 66.1. The van der Waals surface area contributed by atoms with Gasteiger partial charge in [0, 0.05) is 0 Å². The Kier molecular flexibility index (Phi) is 31.3. The molecular weight excluding hydrogens is 937 g/mol. The fourth-order valence-electron chi connectivity index (χ4n) is 9.22. The lowest BCUT2D eigenvalue weighted by Gasteiger charge is -2.34. The van der Waals surface area contributed by atoms with Crippen molar-refractivity contribution in [3.05, 3.63) is 310 Å². The maximum atomic E-state index is 4.22. The number of fused-ring (bicyclic) bond motifs is 3. The molecular formula is C78H92. The Morgan fingerprint density at radius 3 is 1.63 bits per heavy atom. The molecule has 0 nitrogen and oxygen atoms in total. The zero-order valence-corrected chi connectivity index (χ0v) is 50.1. The van der Waals surface area contributed by atoms with Crippen LogP contribution < -0.4 is 0 Å². The number of terminal acetylenes is 1. The minimum Gasteiger partial charge on any atom is -0.124 e. The van der Waals surface area contributed by atoms with Crippen LogP contribution in [0.1, 0.15) is 151 Å². The van der Waals surface area contributed by atoms with Crippen molar-refractivity contribution in [1.29, 1.82) is 0 Å². The van der Waals surface area contributed by atoms with Gasteiger partial charge in [0.25, 0.3) is 0 Å². The van der Waals surface area contributed by atoms with Crippen LogP contribution in [0.15, 0.2) is 249 Å². The van der Waals surface area contributed by atoms with Gasteiger partial charge in [0.2, 0.25) is 0 Å². The van der Waals surface area contributed by atoms with Crippen molar-refractivity contribution in [3.63, 3.8) is 0 Å². The minimum atomic E-state index is -0.359. The van der Waals surface area contributed by atoms with Crippen LogP contribution in [0.2, 0.25) is 0 Å². The monoisotopic (exact) mass is 1030 g/mol. The third-order valence-corrected chi connectivity index (χ3v) is 12.6. The quantitative estimate of drug-likeness (QED) is 0.0946. The second-order valence-electron chi connectivity index (χ2n) is 18.7. The normalized spacial score (nSPS) is 13.9. The largest absolute Gasteiger partial charge is 0.124 e. The van der Waals surface area contributed by atoms with Crippen LogP contribution in [0.25, 0.3) is 34.4 Å². The van der Waals surface area contributed by atoms with Crippen molar-refractivity contribution in [1.82, 2.24) is 0 Å². The van der Waals surface area contributed by atoms with Gasteiger partial charge in [0.1, 0.15) is 0 Å². The lowest BCUT2D eigenvalue weighted by Crippen LogP contribution is -2.28. The van der Waals surface area contributed by atoms with E-state index in [1.807, 2.05) is 66.7 Å². The van der Waals surface area contributed by atoms with Gasteiger partial charge in [-0.3, -0.25) is 0 Å². The van der Waals surface area contributed by atoms with E-state index in [0.717, 1.165) is 6.42 Å². The van der Waals surface area contributed by atoms with E-state index >= 15 is 0 Å². The predicted octanol–water partition coefficient (Wildman–Crippen LogP) is 22.8. The molecule has 0 heteroatoms. The van der Waals surface area contributed by atoms with Gasteiger partial charge >= 0.3 is 0 Å². The van der Waals surface area contributed by atoms with Gasteiger partial charge < -0.3 is 0 Å². The van der Waals surface area contributed by atoms with Crippen LogP contribution in [0, 0.1) is 32.6 Å². The molecule has 2 unspecified atom stereocenters. The van der Waals surface area contributed by atoms with Crippen LogP contribution >= 0.6 is 0 Å². The molecule has 0 bridgehead atoms. The van der Waals surface area contributed by atoms with E-state index in [9.17, 15) is 0 Å². The van der Waals surface area contributed by atoms with Crippen LogP contribution in [-0.2, 0) is 11.8 Å². The van der Waals surface area contributed by atoms with E-state index in [0.29, 0.717) is 5.92 Å². The molecule has 0 amide bonds. The first-order valence-electron chi connectivity index (χ1n) is 28.1. The number of allylic oxidation sites excluding steroid dienone is 12. The Balaban J connectivity index is 0.000000385. The topological polar surface area (TPSA) is 0 Å². The first-order valence-corrected chi connectivity index (χ1v) is 28.1. The average Bonchev–Trinajstić information content (AvgIpc) is 4.06. The van der Waals surface area contributed by atoms with Gasteiger partial charge in [-0.05, 0) is 140 Å². The van der Waals surface area contributed by atoms with E-state index in [1.165, 1.54) is 101 Å². The number of benzene rings is 7. The molecule has 0 aromatic heterocycles. The van der Waals surface area contributed by atoms with E-state index in [4.69, 9.17) is 0 Å². The summed E-state index contributed by atoms with van der Waals surface area (Å²) in [5, 5.41) is 0. The first-order chi connectivity index (χ1) is 38.0. The lowest BCUT2D eigenvalue weighted by atomic mass is 9.67. The summed E-state index contributed by atoms with van der Waals surface area (Å²) in [5.41, 5.74) is 21.7. The van der Waals surface area contributed by atoms with Gasteiger partial charge in [0.15, 0.2) is 0 Å².